The van der Waals surface area contributed by atoms with Crippen LogP contribution in [-0.4, -0.2) is 32.3 Å². The molecule has 0 fully saturated rings. The highest BCUT2D eigenvalue weighted by molar-refractivity contribution is 5.67. The highest BCUT2D eigenvalue weighted by atomic mass is 16.5. The van der Waals surface area contributed by atoms with Crippen molar-refractivity contribution in [1.29, 1.82) is 5.26 Å². The first-order valence-electron chi connectivity index (χ1n) is 8.68. The van der Waals surface area contributed by atoms with Gasteiger partial charge in [0.2, 0.25) is 5.82 Å². The summed E-state index contributed by atoms with van der Waals surface area (Å²) in [6.07, 6.45) is 1.84. The molecule has 0 aliphatic carbocycles. The average molecular weight is 378 g/mol. The standard InChI is InChI=1S/C20H18N4O4/c1-12(2)27-17-5-3-14(9-15(17)11-21)20-23-19(24-28-20)13-7-8-22-16(10-13)4-6-18(25)26/h3,5,7-10,12H,4,6H2,1-2H3,(H,25,26). The number of nitrogens with zero attached hydrogens (tertiary/aromatic N) is 4. The van der Waals surface area contributed by atoms with Gasteiger partial charge in [-0.1, -0.05) is 5.16 Å². The van der Waals surface area contributed by atoms with Gasteiger partial charge in [-0.2, -0.15) is 10.2 Å². The molecule has 0 amide bonds. The zero-order valence-electron chi connectivity index (χ0n) is 15.4. The van der Waals surface area contributed by atoms with Gasteiger partial charge in [0, 0.05) is 29.4 Å². The third-order valence-electron chi connectivity index (χ3n) is 3.81. The van der Waals surface area contributed by atoms with Crippen LogP contribution in [0.25, 0.3) is 22.8 Å². The van der Waals surface area contributed by atoms with Gasteiger partial charge in [0.1, 0.15) is 11.8 Å². The number of aromatic nitrogens is 3. The molecule has 2 aromatic heterocycles. The Kier molecular flexibility index (Phi) is 5.65. The number of aliphatic carboxylic acids is 1. The highest BCUT2D eigenvalue weighted by Crippen LogP contribution is 2.27. The largest absolute Gasteiger partial charge is 0.490 e. The Hall–Kier alpha value is -3.73. The van der Waals surface area contributed by atoms with E-state index in [-0.39, 0.29) is 18.4 Å². The maximum atomic E-state index is 10.7. The van der Waals surface area contributed by atoms with E-state index in [0.717, 1.165) is 0 Å². The van der Waals surface area contributed by atoms with Crippen molar-refractivity contribution in [2.24, 2.45) is 0 Å². The van der Waals surface area contributed by atoms with E-state index in [1.165, 1.54) is 0 Å². The lowest BCUT2D eigenvalue weighted by atomic mass is 10.1. The van der Waals surface area contributed by atoms with Crippen molar-refractivity contribution in [2.45, 2.75) is 32.8 Å². The van der Waals surface area contributed by atoms with Gasteiger partial charge in [0.15, 0.2) is 0 Å². The van der Waals surface area contributed by atoms with E-state index in [0.29, 0.717) is 40.4 Å². The molecule has 0 saturated carbocycles. The molecule has 1 N–H and O–H groups in total. The monoisotopic (exact) mass is 378 g/mol. The van der Waals surface area contributed by atoms with Crippen LogP contribution in [0, 0.1) is 11.3 Å². The van der Waals surface area contributed by atoms with Gasteiger partial charge in [0.05, 0.1) is 18.1 Å². The number of hydrogen-bond donors (Lipinski definition) is 1. The second kappa shape index (κ2) is 8.31. The molecule has 0 spiro atoms. The van der Waals surface area contributed by atoms with E-state index in [2.05, 4.69) is 21.2 Å². The summed E-state index contributed by atoms with van der Waals surface area (Å²) in [6.45, 7) is 3.78. The van der Waals surface area contributed by atoms with Gasteiger partial charge < -0.3 is 14.4 Å². The molecule has 0 aliphatic heterocycles. The zero-order chi connectivity index (χ0) is 20.1. The summed E-state index contributed by atoms with van der Waals surface area (Å²) in [6, 6.07) is 10.7. The Bertz CT molecular complexity index is 1040. The molecule has 8 heteroatoms. The first-order chi connectivity index (χ1) is 13.5. The lowest BCUT2D eigenvalue weighted by Gasteiger charge is -2.11. The molecular weight excluding hydrogens is 360 g/mol. The molecule has 0 atom stereocenters. The van der Waals surface area contributed by atoms with Gasteiger partial charge in [-0.25, -0.2) is 0 Å². The molecule has 142 valence electrons. The Morgan fingerprint density at radius 1 is 1.29 bits per heavy atom. The van der Waals surface area contributed by atoms with E-state index in [1.54, 1.807) is 36.5 Å². The average Bonchev–Trinajstić information content (AvgIpc) is 3.17. The summed E-state index contributed by atoms with van der Waals surface area (Å²) in [7, 11) is 0. The Balaban J connectivity index is 1.85. The Morgan fingerprint density at radius 2 is 2.11 bits per heavy atom. The number of aryl methyl sites for hydroxylation is 1. The van der Waals surface area contributed by atoms with Crippen molar-refractivity contribution in [2.75, 3.05) is 0 Å². The lowest BCUT2D eigenvalue weighted by Crippen LogP contribution is -2.06. The van der Waals surface area contributed by atoms with Gasteiger partial charge in [-0.3, -0.25) is 9.78 Å². The number of rotatable bonds is 7. The zero-order valence-corrected chi connectivity index (χ0v) is 15.4. The van der Waals surface area contributed by atoms with Crippen LogP contribution < -0.4 is 4.74 Å². The minimum absolute atomic E-state index is 0.00428. The van der Waals surface area contributed by atoms with Crippen LogP contribution in [0.1, 0.15) is 31.5 Å². The van der Waals surface area contributed by atoms with Crippen molar-refractivity contribution in [3.63, 3.8) is 0 Å². The molecule has 0 aliphatic rings. The third-order valence-corrected chi connectivity index (χ3v) is 3.81. The van der Waals surface area contributed by atoms with E-state index in [4.69, 9.17) is 14.4 Å². The number of ether oxygens (including phenoxy) is 1. The fourth-order valence-corrected chi connectivity index (χ4v) is 2.55. The SMILES string of the molecule is CC(C)Oc1ccc(-c2nc(-c3ccnc(CCC(=O)O)c3)no2)cc1C#N. The molecule has 0 radical (unpaired) electrons. The second-order valence-corrected chi connectivity index (χ2v) is 6.34. The van der Waals surface area contributed by atoms with Crippen molar-refractivity contribution in [3.8, 4) is 34.7 Å². The van der Waals surface area contributed by atoms with Gasteiger partial charge in [0.25, 0.3) is 5.89 Å². The highest BCUT2D eigenvalue weighted by Gasteiger charge is 2.14. The molecule has 0 saturated heterocycles. The normalized spacial score (nSPS) is 10.6. The van der Waals surface area contributed by atoms with Crippen LogP contribution in [0.2, 0.25) is 0 Å². The maximum absolute atomic E-state index is 10.7. The minimum Gasteiger partial charge on any atom is -0.490 e. The number of nitriles is 1. The molecule has 0 bridgehead atoms. The topological polar surface area (TPSA) is 122 Å². The van der Waals surface area contributed by atoms with Crippen LogP contribution in [0.15, 0.2) is 41.1 Å². The van der Waals surface area contributed by atoms with Gasteiger partial charge in [-0.05, 0) is 44.2 Å². The van der Waals surface area contributed by atoms with Crippen molar-refractivity contribution in [3.05, 3.63) is 47.8 Å². The van der Waals surface area contributed by atoms with Crippen LogP contribution in [0.3, 0.4) is 0 Å². The van der Waals surface area contributed by atoms with Gasteiger partial charge in [-0.15, -0.1) is 0 Å². The smallest absolute Gasteiger partial charge is 0.303 e. The molecule has 8 nitrogen and oxygen atoms in total. The summed E-state index contributed by atoms with van der Waals surface area (Å²) in [5, 5.41) is 22.1. The molecule has 0 unspecified atom stereocenters. The fourth-order valence-electron chi connectivity index (χ4n) is 2.55. The number of carboxylic acids is 1. The van der Waals surface area contributed by atoms with E-state index in [9.17, 15) is 10.1 Å². The summed E-state index contributed by atoms with van der Waals surface area (Å²) in [4.78, 5) is 19.3. The van der Waals surface area contributed by atoms with E-state index in [1.807, 2.05) is 13.8 Å². The van der Waals surface area contributed by atoms with E-state index < -0.39 is 5.97 Å². The van der Waals surface area contributed by atoms with Gasteiger partial charge >= 0.3 is 5.97 Å². The number of pyridine rings is 1. The summed E-state index contributed by atoms with van der Waals surface area (Å²) < 4.78 is 11.0. The number of hydrogen-bond acceptors (Lipinski definition) is 7. The van der Waals surface area contributed by atoms with Crippen LogP contribution in [-0.2, 0) is 11.2 Å². The lowest BCUT2D eigenvalue weighted by molar-refractivity contribution is -0.136. The molecule has 1 aromatic carbocycles. The number of benzene rings is 1. The van der Waals surface area contributed by atoms with Crippen molar-refractivity contribution < 1.29 is 19.2 Å². The summed E-state index contributed by atoms with van der Waals surface area (Å²) in [5.74, 6) is 0.243. The Morgan fingerprint density at radius 3 is 2.82 bits per heavy atom. The molecule has 3 aromatic rings. The summed E-state index contributed by atoms with van der Waals surface area (Å²) in [5.41, 5.74) is 2.29. The first kappa shape index (κ1) is 19.0. The van der Waals surface area contributed by atoms with Crippen molar-refractivity contribution in [1.82, 2.24) is 15.1 Å². The third kappa shape index (κ3) is 4.51. The maximum Gasteiger partial charge on any atom is 0.303 e. The van der Waals surface area contributed by atoms with Crippen molar-refractivity contribution >= 4 is 5.97 Å². The van der Waals surface area contributed by atoms with E-state index >= 15 is 0 Å². The van der Waals surface area contributed by atoms with Crippen LogP contribution in [0.4, 0.5) is 0 Å². The van der Waals surface area contributed by atoms with Crippen LogP contribution >= 0.6 is 0 Å². The second-order valence-electron chi connectivity index (χ2n) is 6.34. The Labute approximate surface area is 161 Å². The molecule has 2 heterocycles. The summed E-state index contributed by atoms with van der Waals surface area (Å²) >= 11 is 0. The predicted octanol–water partition coefficient (Wildman–Crippen LogP) is 3.47. The molecular formula is C20H18N4O4. The van der Waals surface area contributed by atoms with Crippen LogP contribution in [0.5, 0.6) is 5.75 Å². The quantitative estimate of drug-likeness (QED) is 0.663. The fraction of sp³-hybridized carbons (Fsp3) is 0.250. The molecule has 28 heavy (non-hydrogen) atoms. The predicted molar refractivity (Wildman–Crippen MR) is 99.4 cm³/mol. The first-order valence-corrected chi connectivity index (χ1v) is 8.68. The number of carbonyl (C=O) groups is 1. The molecule has 3 rings (SSSR count). The number of carboxylic acid groups (broad SMARTS) is 1. The minimum atomic E-state index is -0.882.